The highest BCUT2D eigenvalue weighted by molar-refractivity contribution is 5.89. The predicted molar refractivity (Wildman–Crippen MR) is 167 cm³/mol. The van der Waals surface area contributed by atoms with Crippen LogP contribution < -0.4 is 4.74 Å². The fourth-order valence-corrected chi connectivity index (χ4v) is 4.65. The Hall–Kier alpha value is -2.69. The van der Waals surface area contributed by atoms with E-state index >= 15 is 0 Å². The number of rotatable bonds is 24. The van der Waals surface area contributed by atoms with Gasteiger partial charge in [0.05, 0.1) is 30.2 Å². The summed E-state index contributed by atoms with van der Waals surface area (Å²) in [7, 11) is 0. The number of unbranched alkanes of at least 4 members (excludes halogenated alkanes) is 16. The average Bonchev–Trinajstić information content (AvgIpc) is 2.98. The molecule has 0 amide bonds. The van der Waals surface area contributed by atoms with E-state index in [1.54, 1.807) is 24.3 Å². The van der Waals surface area contributed by atoms with E-state index in [4.69, 9.17) is 9.47 Å². The molecule has 0 N–H and O–H groups in total. The highest BCUT2D eigenvalue weighted by Gasteiger charge is 2.07. The van der Waals surface area contributed by atoms with Gasteiger partial charge >= 0.3 is 5.97 Å². The molecule has 0 radical (unpaired) electrons. The van der Waals surface area contributed by atoms with Crippen molar-refractivity contribution in [2.75, 3.05) is 13.2 Å². The number of esters is 1. The fraction of sp³-hybridized carbons (Fsp3) is 0.629. The fourth-order valence-electron chi connectivity index (χ4n) is 4.65. The van der Waals surface area contributed by atoms with E-state index in [1.165, 1.54) is 96.3 Å². The Morgan fingerprint density at radius 1 is 0.525 bits per heavy atom. The van der Waals surface area contributed by atoms with Crippen LogP contribution in [0.4, 0.5) is 11.4 Å². The van der Waals surface area contributed by atoms with Gasteiger partial charge in [0, 0.05) is 0 Å². The van der Waals surface area contributed by atoms with Crippen LogP contribution in [0.2, 0.25) is 0 Å². The van der Waals surface area contributed by atoms with E-state index in [9.17, 15) is 4.79 Å². The number of nitrogens with zero attached hydrogens (tertiary/aromatic N) is 2. The molecule has 0 heterocycles. The summed E-state index contributed by atoms with van der Waals surface area (Å²) in [5.74, 6) is 0.587. The van der Waals surface area contributed by atoms with Crippen molar-refractivity contribution in [3.8, 4) is 5.75 Å². The first-order chi connectivity index (χ1) is 19.7. The van der Waals surface area contributed by atoms with Crippen molar-refractivity contribution in [1.82, 2.24) is 0 Å². The van der Waals surface area contributed by atoms with Gasteiger partial charge in [-0.25, -0.2) is 4.79 Å². The second-order valence-electron chi connectivity index (χ2n) is 10.9. The summed E-state index contributed by atoms with van der Waals surface area (Å²) in [5.41, 5.74) is 2.00. The lowest BCUT2D eigenvalue weighted by Crippen LogP contribution is -2.06. The molecule has 5 heteroatoms. The molecule has 0 aliphatic carbocycles. The summed E-state index contributed by atoms with van der Waals surface area (Å²) in [5, 5.41) is 8.60. The van der Waals surface area contributed by atoms with E-state index in [1.807, 2.05) is 24.3 Å². The molecule has 0 fully saturated rings. The maximum Gasteiger partial charge on any atom is 0.338 e. The van der Waals surface area contributed by atoms with Crippen LogP contribution in [0.15, 0.2) is 58.8 Å². The molecule has 0 aliphatic rings. The Labute approximate surface area is 244 Å². The topological polar surface area (TPSA) is 60.2 Å². The second kappa shape index (κ2) is 23.1. The Balaban J connectivity index is 1.56. The third-order valence-electron chi connectivity index (χ3n) is 7.22. The average molecular weight is 551 g/mol. The molecule has 40 heavy (non-hydrogen) atoms. The van der Waals surface area contributed by atoms with Crippen molar-refractivity contribution < 1.29 is 14.3 Å². The largest absolute Gasteiger partial charge is 0.494 e. The zero-order chi connectivity index (χ0) is 28.5. The molecule has 0 unspecified atom stereocenters. The molecule has 222 valence electrons. The number of carbonyl (C=O) groups is 1. The van der Waals surface area contributed by atoms with Crippen molar-refractivity contribution in [2.24, 2.45) is 10.2 Å². The molecular formula is C35H54N2O3. The lowest BCUT2D eigenvalue weighted by atomic mass is 10.1. The van der Waals surface area contributed by atoms with Gasteiger partial charge in [-0.3, -0.25) is 0 Å². The van der Waals surface area contributed by atoms with E-state index in [-0.39, 0.29) is 5.97 Å². The monoisotopic (exact) mass is 550 g/mol. The van der Waals surface area contributed by atoms with Gasteiger partial charge in [-0.2, -0.15) is 10.2 Å². The molecule has 0 aromatic heterocycles. The molecule has 5 nitrogen and oxygen atoms in total. The number of azo groups is 1. The van der Waals surface area contributed by atoms with E-state index in [0.29, 0.717) is 17.9 Å². The van der Waals surface area contributed by atoms with Crippen LogP contribution in [0.25, 0.3) is 0 Å². The van der Waals surface area contributed by atoms with Gasteiger partial charge in [0.1, 0.15) is 5.75 Å². The van der Waals surface area contributed by atoms with Gasteiger partial charge in [0.25, 0.3) is 0 Å². The van der Waals surface area contributed by atoms with Crippen LogP contribution in [-0.4, -0.2) is 19.2 Å². The van der Waals surface area contributed by atoms with Crippen LogP contribution >= 0.6 is 0 Å². The summed E-state index contributed by atoms with van der Waals surface area (Å²) in [6, 6.07) is 14.8. The van der Waals surface area contributed by atoms with Crippen LogP contribution in [0, 0.1) is 0 Å². The summed E-state index contributed by atoms with van der Waals surface area (Å²) >= 11 is 0. The molecule has 0 atom stereocenters. The number of benzene rings is 2. The Bertz CT molecular complexity index is 909. The molecule has 2 aromatic carbocycles. The minimum absolute atomic E-state index is 0.275. The van der Waals surface area contributed by atoms with Crippen molar-refractivity contribution in [1.29, 1.82) is 0 Å². The Kier molecular flexibility index (Phi) is 19.3. The summed E-state index contributed by atoms with van der Waals surface area (Å²) in [6.45, 7) is 5.74. The standard InChI is InChI=1S/C35H54N2O3/c1-3-5-7-9-11-12-13-14-16-18-20-30-40-35(38)31-21-23-32(24-22-31)36-37-33-25-27-34(28-26-33)39-29-19-17-15-10-8-6-4-2/h21-28H,3-20,29-30H2,1-2H3. The second-order valence-corrected chi connectivity index (χ2v) is 10.9. The SMILES string of the molecule is CCCCCCCCCCCCCOC(=O)c1ccc(N=Nc2ccc(OCCCCCCCCC)cc2)cc1. The molecular weight excluding hydrogens is 496 g/mol. The maximum atomic E-state index is 12.3. The van der Waals surface area contributed by atoms with Gasteiger partial charge in [-0.15, -0.1) is 0 Å². The summed E-state index contributed by atoms with van der Waals surface area (Å²) in [6.07, 6.45) is 23.0. The summed E-state index contributed by atoms with van der Waals surface area (Å²) in [4.78, 5) is 12.3. The molecule has 2 aromatic rings. The van der Waals surface area contributed by atoms with E-state index < -0.39 is 0 Å². The van der Waals surface area contributed by atoms with Gasteiger partial charge in [-0.1, -0.05) is 117 Å². The molecule has 2 rings (SSSR count). The van der Waals surface area contributed by atoms with Crippen molar-refractivity contribution in [3.05, 3.63) is 54.1 Å². The molecule has 0 aliphatic heterocycles. The smallest absolute Gasteiger partial charge is 0.338 e. The highest BCUT2D eigenvalue weighted by Crippen LogP contribution is 2.22. The van der Waals surface area contributed by atoms with Crippen LogP contribution in [0.1, 0.15) is 140 Å². The van der Waals surface area contributed by atoms with Crippen LogP contribution in [-0.2, 0) is 4.74 Å². The molecule has 0 saturated carbocycles. The normalized spacial score (nSPS) is 11.2. The van der Waals surface area contributed by atoms with Crippen LogP contribution in [0.3, 0.4) is 0 Å². The zero-order valence-electron chi connectivity index (χ0n) is 25.4. The number of hydrogen-bond acceptors (Lipinski definition) is 5. The lowest BCUT2D eigenvalue weighted by Gasteiger charge is -2.06. The molecule has 0 saturated heterocycles. The van der Waals surface area contributed by atoms with E-state index in [0.717, 1.165) is 37.3 Å². The van der Waals surface area contributed by atoms with Crippen molar-refractivity contribution in [2.45, 2.75) is 129 Å². The number of carbonyl (C=O) groups excluding carboxylic acids is 1. The quantitative estimate of drug-likeness (QED) is 0.0741. The lowest BCUT2D eigenvalue weighted by molar-refractivity contribution is 0.0497. The van der Waals surface area contributed by atoms with Gasteiger partial charge < -0.3 is 9.47 Å². The third-order valence-corrected chi connectivity index (χ3v) is 7.22. The third kappa shape index (κ3) is 16.4. The predicted octanol–water partition coefficient (Wildman–Crippen LogP) is 11.7. The first-order valence-electron chi connectivity index (χ1n) is 16.1. The molecule has 0 spiro atoms. The Morgan fingerprint density at radius 2 is 0.925 bits per heavy atom. The highest BCUT2D eigenvalue weighted by atomic mass is 16.5. The first-order valence-corrected chi connectivity index (χ1v) is 16.1. The van der Waals surface area contributed by atoms with E-state index in [2.05, 4.69) is 24.1 Å². The van der Waals surface area contributed by atoms with Crippen LogP contribution in [0.5, 0.6) is 5.75 Å². The first kappa shape index (κ1) is 33.5. The van der Waals surface area contributed by atoms with Crippen molar-refractivity contribution in [3.63, 3.8) is 0 Å². The number of hydrogen-bond donors (Lipinski definition) is 0. The minimum atomic E-state index is -0.275. The number of ether oxygens (including phenoxy) is 2. The minimum Gasteiger partial charge on any atom is -0.494 e. The van der Waals surface area contributed by atoms with Gasteiger partial charge in [-0.05, 0) is 61.4 Å². The summed E-state index contributed by atoms with van der Waals surface area (Å²) < 4.78 is 11.3. The van der Waals surface area contributed by atoms with Crippen molar-refractivity contribution >= 4 is 17.3 Å². The zero-order valence-corrected chi connectivity index (χ0v) is 25.4. The molecule has 0 bridgehead atoms. The van der Waals surface area contributed by atoms with Gasteiger partial charge in [0.15, 0.2) is 0 Å². The van der Waals surface area contributed by atoms with Gasteiger partial charge in [0.2, 0.25) is 0 Å². The maximum absolute atomic E-state index is 12.3. The Morgan fingerprint density at radius 3 is 1.40 bits per heavy atom.